The highest BCUT2D eigenvalue weighted by atomic mass is 16.5. The molecule has 0 spiro atoms. The Labute approximate surface area is 90.2 Å². The number of amides is 1. The molecule has 1 aromatic rings. The summed E-state index contributed by atoms with van der Waals surface area (Å²) in [5.74, 6) is 0.452. The fourth-order valence-electron chi connectivity index (χ4n) is 1.56. The number of hydrogen-bond donors (Lipinski definition) is 1. The van der Waals surface area contributed by atoms with Crippen molar-refractivity contribution in [3.8, 4) is 5.75 Å². The van der Waals surface area contributed by atoms with Crippen molar-refractivity contribution in [1.82, 2.24) is 0 Å². The van der Waals surface area contributed by atoms with E-state index in [2.05, 4.69) is 6.07 Å². The van der Waals surface area contributed by atoms with Crippen LogP contribution in [-0.4, -0.2) is 12.0 Å². The van der Waals surface area contributed by atoms with Gasteiger partial charge in [-0.05, 0) is 44.0 Å². The van der Waals surface area contributed by atoms with Crippen LogP contribution in [0.2, 0.25) is 0 Å². The highest BCUT2D eigenvalue weighted by Crippen LogP contribution is 2.18. The number of aryl methyl sites for hydroxylation is 2. The molecule has 0 heterocycles. The van der Waals surface area contributed by atoms with Crippen molar-refractivity contribution in [3.05, 3.63) is 29.3 Å². The van der Waals surface area contributed by atoms with Crippen molar-refractivity contribution < 1.29 is 9.53 Å². The average molecular weight is 207 g/mol. The van der Waals surface area contributed by atoms with Crippen LogP contribution < -0.4 is 10.5 Å². The van der Waals surface area contributed by atoms with Crippen LogP contribution in [0.15, 0.2) is 18.2 Å². The van der Waals surface area contributed by atoms with Crippen LogP contribution in [-0.2, 0) is 4.79 Å². The summed E-state index contributed by atoms with van der Waals surface area (Å²) in [5.41, 5.74) is 7.39. The molecule has 1 atom stereocenters. The van der Waals surface area contributed by atoms with Gasteiger partial charge in [-0.2, -0.15) is 0 Å². The van der Waals surface area contributed by atoms with Crippen LogP contribution in [0.4, 0.5) is 0 Å². The Morgan fingerprint density at radius 3 is 2.33 bits per heavy atom. The van der Waals surface area contributed by atoms with Crippen molar-refractivity contribution in [2.24, 2.45) is 5.73 Å². The quantitative estimate of drug-likeness (QED) is 0.820. The molecule has 0 aliphatic rings. The third kappa shape index (κ3) is 4.02. The van der Waals surface area contributed by atoms with Crippen LogP contribution in [0.1, 0.15) is 24.5 Å². The molecule has 1 unspecified atom stereocenters. The molecule has 3 nitrogen and oxygen atoms in total. The molecule has 0 saturated heterocycles. The zero-order chi connectivity index (χ0) is 11.4. The van der Waals surface area contributed by atoms with Gasteiger partial charge in [-0.1, -0.05) is 6.07 Å². The fourth-order valence-corrected chi connectivity index (χ4v) is 1.56. The summed E-state index contributed by atoms with van der Waals surface area (Å²) in [7, 11) is 0. The number of primary amides is 1. The predicted octanol–water partition coefficient (Wildman–Crippen LogP) is 1.95. The van der Waals surface area contributed by atoms with Gasteiger partial charge < -0.3 is 10.5 Å². The van der Waals surface area contributed by atoms with E-state index >= 15 is 0 Å². The monoisotopic (exact) mass is 207 g/mol. The van der Waals surface area contributed by atoms with Gasteiger partial charge in [0, 0.05) is 0 Å². The van der Waals surface area contributed by atoms with Gasteiger partial charge in [0.15, 0.2) is 0 Å². The first-order valence-electron chi connectivity index (χ1n) is 5.00. The Morgan fingerprint density at radius 1 is 1.33 bits per heavy atom. The molecule has 0 saturated carbocycles. The fraction of sp³-hybridized carbons (Fsp3) is 0.417. The summed E-state index contributed by atoms with van der Waals surface area (Å²) >= 11 is 0. The Morgan fingerprint density at radius 2 is 1.87 bits per heavy atom. The van der Waals surface area contributed by atoms with Crippen LogP contribution in [0.5, 0.6) is 5.75 Å². The standard InChI is InChI=1S/C12H17NO2/c1-8-4-9(2)6-11(5-8)15-10(3)7-12(13)14/h4-6,10H,7H2,1-3H3,(H2,13,14). The summed E-state index contributed by atoms with van der Waals surface area (Å²) < 4.78 is 5.59. The third-order valence-electron chi connectivity index (χ3n) is 2.02. The van der Waals surface area contributed by atoms with Crippen LogP contribution >= 0.6 is 0 Å². The van der Waals surface area contributed by atoms with E-state index in [-0.39, 0.29) is 18.4 Å². The van der Waals surface area contributed by atoms with E-state index in [0.717, 1.165) is 16.9 Å². The lowest BCUT2D eigenvalue weighted by atomic mass is 10.1. The lowest BCUT2D eigenvalue weighted by Crippen LogP contribution is -2.22. The normalized spacial score (nSPS) is 12.2. The molecule has 0 aromatic heterocycles. The van der Waals surface area contributed by atoms with E-state index < -0.39 is 0 Å². The van der Waals surface area contributed by atoms with Gasteiger partial charge >= 0.3 is 0 Å². The Kier molecular flexibility index (Phi) is 3.72. The van der Waals surface area contributed by atoms with Crippen molar-refractivity contribution in [3.63, 3.8) is 0 Å². The molecule has 0 radical (unpaired) electrons. The second-order valence-electron chi connectivity index (χ2n) is 3.92. The summed E-state index contributed by atoms with van der Waals surface area (Å²) in [6.07, 6.45) is 0.0659. The second-order valence-corrected chi connectivity index (χ2v) is 3.92. The summed E-state index contributed by atoms with van der Waals surface area (Å²) in [5, 5.41) is 0. The summed E-state index contributed by atoms with van der Waals surface area (Å²) in [6, 6.07) is 5.97. The molecule has 1 rings (SSSR count). The number of benzene rings is 1. The molecule has 82 valence electrons. The molecule has 0 bridgehead atoms. The number of nitrogens with two attached hydrogens (primary N) is 1. The maximum atomic E-state index is 10.7. The van der Waals surface area contributed by atoms with Gasteiger partial charge in [-0.15, -0.1) is 0 Å². The third-order valence-corrected chi connectivity index (χ3v) is 2.02. The first kappa shape index (κ1) is 11.6. The topological polar surface area (TPSA) is 52.3 Å². The van der Waals surface area contributed by atoms with Crippen molar-refractivity contribution >= 4 is 5.91 Å². The van der Waals surface area contributed by atoms with E-state index in [1.165, 1.54) is 0 Å². The molecular formula is C12H17NO2. The Hall–Kier alpha value is -1.51. The maximum Gasteiger partial charge on any atom is 0.221 e. The zero-order valence-corrected chi connectivity index (χ0v) is 9.41. The highest BCUT2D eigenvalue weighted by Gasteiger charge is 2.07. The Balaban J connectivity index is 2.67. The van der Waals surface area contributed by atoms with Crippen molar-refractivity contribution in [2.75, 3.05) is 0 Å². The van der Waals surface area contributed by atoms with E-state index in [1.54, 1.807) is 0 Å². The lowest BCUT2D eigenvalue weighted by Gasteiger charge is -2.14. The minimum Gasteiger partial charge on any atom is -0.490 e. The first-order valence-corrected chi connectivity index (χ1v) is 5.00. The van der Waals surface area contributed by atoms with E-state index in [1.807, 2.05) is 32.9 Å². The van der Waals surface area contributed by atoms with Gasteiger partial charge in [-0.25, -0.2) is 0 Å². The van der Waals surface area contributed by atoms with Crippen LogP contribution in [0.25, 0.3) is 0 Å². The molecule has 1 amide bonds. The number of ether oxygens (including phenoxy) is 1. The second kappa shape index (κ2) is 4.82. The smallest absolute Gasteiger partial charge is 0.221 e. The molecule has 15 heavy (non-hydrogen) atoms. The Bertz CT molecular complexity index is 340. The summed E-state index contributed by atoms with van der Waals surface area (Å²) in [6.45, 7) is 5.86. The van der Waals surface area contributed by atoms with Crippen LogP contribution in [0.3, 0.4) is 0 Å². The average Bonchev–Trinajstić information content (AvgIpc) is 1.98. The molecule has 0 fully saturated rings. The first-order chi connectivity index (χ1) is 6.97. The number of hydrogen-bond acceptors (Lipinski definition) is 2. The molecule has 0 aliphatic carbocycles. The maximum absolute atomic E-state index is 10.7. The van der Waals surface area contributed by atoms with Gasteiger partial charge in [0.05, 0.1) is 6.42 Å². The molecule has 0 aliphatic heterocycles. The lowest BCUT2D eigenvalue weighted by molar-refractivity contribution is -0.119. The largest absolute Gasteiger partial charge is 0.490 e. The van der Waals surface area contributed by atoms with Crippen molar-refractivity contribution in [2.45, 2.75) is 33.3 Å². The molecule has 2 N–H and O–H groups in total. The van der Waals surface area contributed by atoms with Crippen molar-refractivity contribution in [1.29, 1.82) is 0 Å². The number of carbonyl (C=O) groups excluding carboxylic acids is 1. The van der Waals surface area contributed by atoms with Gasteiger partial charge in [0.25, 0.3) is 0 Å². The van der Waals surface area contributed by atoms with Crippen LogP contribution in [0, 0.1) is 13.8 Å². The SMILES string of the molecule is Cc1cc(C)cc(OC(C)CC(N)=O)c1. The molecule has 1 aromatic carbocycles. The predicted molar refractivity (Wildman–Crippen MR) is 59.8 cm³/mol. The van der Waals surface area contributed by atoms with Gasteiger partial charge in [0.1, 0.15) is 11.9 Å². The number of carbonyl (C=O) groups is 1. The van der Waals surface area contributed by atoms with Gasteiger partial charge in [0.2, 0.25) is 5.91 Å². The minimum absolute atomic E-state index is 0.177. The zero-order valence-electron chi connectivity index (χ0n) is 9.41. The van der Waals surface area contributed by atoms with E-state index in [0.29, 0.717) is 0 Å². The number of rotatable bonds is 4. The van der Waals surface area contributed by atoms with Gasteiger partial charge in [-0.3, -0.25) is 4.79 Å². The van der Waals surface area contributed by atoms with E-state index in [4.69, 9.17) is 10.5 Å². The summed E-state index contributed by atoms with van der Waals surface area (Å²) in [4.78, 5) is 10.7. The highest BCUT2D eigenvalue weighted by molar-refractivity contribution is 5.74. The molecular weight excluding hydrogens is 190 g/mol. The minimum atomic E-state index is -0.341. The van der Waals surface area contributed by atoms with E-state index in [9.17, 15) is 4.79 Å². The molecule has 3 heteroatoms.